The number of hydrogen-bond acceptors (Lipinski definition) is 4. The van der Waals surface area contributed by atoms with Gasteiger partial charge in [-0.25, -0.2) is 4.98 Å². The van der Waals surface area contributed by atoms with Crippen molar-refractivity contribution in [3.63, 3.8) is 0 Å². The van der Waals surface area contributed by atoms with Crippen LogP contribution in [0.15, 0.2) is 12.3 Å². The third-order valence-corrected chi connectivity index (χ3v) is 2.80. The maximum Gasteiger partial charge on any atom is 0.147 e. The fraction of sp³-hybridized carbons (Fsp3) is 0.444. The molecule has 0 amide bonds. The fourth-order valence-corrected chi connectivity index (χ4v) is 1.59. The number of hydrogen-bond donors (Lipinski definition) is 3. The third-order valence-electron chi connectivity index (χ3n) is 2.02. The van der Waals surface area contributed by atoms with Gasteiger partial charge >= 0.3 is 0 Å². The molecule has 6 heteroatoms. The first kappa shape index (κ1) is 12.7. The van der Waals surface area contributed by atoms with Crippen LogP contribution in [0.2, 0.25) is 10.2 Å². The second-order valence-corrected chi connectivity index (χ2v) is 3.83. The molecular formula is C9H12Cl2N2O2. The summed E-state index contributed by atoms with van der Waals surface area (Å²) in [4.78, 5) is 3.74. The highest BCUT2D eigenvalue weighted by Crippen LogP contribution is 2.30. The molecule has 4 nitrogen and oxygen atoms in total. The number of pyridine rings is 1. The Morgan fingerprint density at radius 2 is 2.07 bits per heavy atom. The lowest BCUT2D eigenvalue weighted by Crippen LogP contribution is -2.22. The van der Waals surface area contributed by atoms with E-state index in [2.05, 4.69) is 4.98 Å². The van der Waals surface area contributed by atoms with Crippen LogP contribution < -0.4 is 5.73 Å². The first-order valence-corrected chi connectivity index (χ1v) is 5.19. The molecule has 1 rings (SSSR count). The molecule has 0 bridgehead atoms. The van der Waals surface area contributed by atoms with Gasteiger partial charge in [0.15, 0.2) is 0 Å². The van der Waals surface area contributed by atoms with Crippen LogP contribution in [0.4, 0.5) is 0 Å². The predicted octanol–water partition coefficient (Wildman–Crippen LogP) is 1.13. The summed E-state index contributed by atoms with van der Waals surface area (Å²) in [6.07, 6.45) is -0.341. The molecule has 0 saturated carbocycles. The van der Waals surface area contributed by atoms with E-state index in [9.17, 15) is 10.2 Å². The zero-order valence-electron chi connectivity index (χ0n) is 7.90. The Hall–Kier alpha value is -0.390. The monoisotopic (exact) mass is 250 g/mol. The van der Waals surface area contributed by atoms with Crippen molar-refractivity contribution in [2.45, 2.75) is 18.6 Å². The van der Waals surface area contributed by atoms with E-state index in [1.54, 1.807) is 0 Å². The van der Waals surface area contributed by atoms with Gasteiger partial charge in [0.1, 0.15) is 11.3 Å². The summed E-state index contributed by atoms with van der Waals surface area (Å²) in [5.41, 5.74) is 5.63. The van der Waals surface area contributed by atoms with Crippen LogP contribution in [0.5, 0.6) is 0 Å². The molecule has 15 heavy (non-hydrogen) atoms. The van der Waals surface area contributed by atoms with Crippen molar-refractivity contribution in [3.05, 3.63) is 28.0 Å². The molecule has 2 atom stereocenters. The number of aliphatic hydroxyl groups is 2. The number of aliphatic hydroxyl groups excluding tert-OH is 2. The van der Waals surface area contributed by atoms with Crippen LogP contribution >= 0.6 is 23.2 Å². The predicted molar refractivity (Wildman–Crippen MR) is 58.9 cm³/mol. The van der Waals surface area contributed by atoms with Crippen molar-refractivity contribution in [2.24, 2.45) is 5.73 Å². The summed E-state index contributed by atoms with van der Waals surface area (Å²) < 4.78 is 0. The Labute approximate surface area is 97.6 Å². The molecule has 0 aromatic carbocycles. The van der Waals surface area contributed by atoms with Gasteiger partial charge in [-0.15, -0.1) is 0 Å². The molecular weight excluding hydrogens is 239 g/mol. The molecule has 1 aromatic heterocycles. The molecule has 0 fully saturated rings. The van der Waals surface area contributed by atoms with Crippen molar-refractivity contribution in [1.29, 1.82) is 0 Å². The molecule has 0 radical (unpaired) electrons. The Kier molecular flexibility index (Phi) is 4.76. The highest BCUT2D eigenvalue weighted by Gasteiger charge is 2.21. The third kappa shape index (κ3) is 3.03. The van der Waals surface area contributed by atoms with Crippen molar-refractivity contribution >= 4 is 23.2 Å². The van der Waals surface area contributed by atoms with Crippen LogP contribution in [0, 0.1) is 0 Å². The van der Waals surface area contributed by atoms with E-state index in [0.717, 1.165) is 0 Å². The van der Waals surface area contributed by atoms with E-state index in [0.29, 0.717) is 5.56 Å². The smallest absolute Gasteiger partial charge is 0.147 e. The van der Waals surface area contributed by atoms with Crippen LogP contribution in [0.25, 0.3) is 0 Å². The summed E-state index contributed by atoms with van der Waals surface area (Å²) in [5, 5.41) is 19.5. The molecule has 0 aliphatic rings. The maximum atomic E-state index is 9.75. The summed E-state index contributed by atoms with van der Waals surface area (Å²) in [7, 11) is 0. The summed E-state index contributed by atoms with van der Waals surface area (Å²) >= 11 is 11.5. The molecule has 84 valence electrons. The lowest BCUT2D eigenvalue weighted by Gasteiger charge is -2.18. The molecule has 2 unspecified atom stereocenters. The average molecular weight is 251 g/mol. The zero-order chi connectivity index (χ0) is 11.4. The number of halogens is 2. The number of nitrogens with zero attached hydrogens (tertiary/aromatic N) is 1. The molecule has 1 heterocycles. The van der Waals surface area contributed by atoms with Gasteiger partial charge in [0.25, 0.3) is 0 Å². The van der Waals surface area contributed by atoms with E-state index in [1.807, 2.05) is 0 Å². The van der Waals surface area contributed by atoms with Crippen molar-refractivity contribution in [1.82, 2.24) is 4.98 Å². The van der Waals surface area contributed by atoms with Crippen molar-refractivity contribution in [2.75, 3.05) is 6.54 Å². The quantitative estimate of drug-likeness (QED) is 0.701. The number of rotatable bonds is 4. The summed E-state index contributed by atoms with van der Waals surface area (Å²) in [6.45, 7) is 0.286. The first-order chi connectivity index (χ1) is 7.07. The molecule has 0 saturated heterocycles. The van der Waals surface area contributed by atoms with E-state index in [4.69, 9.17) is 28.9 Å². The second kappa shape index (κ2) is 5.63. The van der Waals surface area contributed by atoms with Crippen LogP contribution in [0.3, 0.4) is 0 Å². The Bertz CT molecular complexity index is 336. The zero-order valence-corrected chi connectivity index (χ0v) is 9.41. The van der Waals surface area contributed by atoms with Crippen LogP contribution in [-0.4, -0.2) is 27.8 Å². The highest BCUT2D eigenvalue weighted by molar-refractivity contribution is 6.41. The second-order valence-electron chi connectivity index (χ2n) is 3.09. The minimum Gasteiger partial charge on any atom is -0.390 e. The van der Waals surface area contributed by atoms with Crippen LogP contribution in [-0.2, 0) is 0 Å². The fourth-order valence-electron chi connectivity index (χ4n) is 1.20. The van der Waals surface area contributed by atoms with Gasteiger partial charge < -0.3 is 15.9 Å². The average Bonchev–Trinajstić information content (AvgIpc) is 2.21. The topological polar surface area (TPSA) is 79.4 Å². The standard InChI is InChI=1S/C9H12Cl2N2O2/c10-7-5(2-4-13-9(7)11)8(15)6(14)1-3-12/h2,4,6,8,14-15H,1,3,12H2. The Morgan fingerprint density at radius 1 is 1.40 bits per heavy atom. The maximum absolute atomic E-state index is 9.75. The lowest BCUT2D eigenvalue weighted by atomic mass is 10.0. The van der Waals surface area contributed by atoms with E-state index in [-0.39, 0.29) is 23.1 Å². The first-order valence-electron chi connectivity index (χ1n) is 4.44. The molecule has 0 aliphatic heterocycles. The van der Waals surface area contributed by atoms with Crippen LogP contribution in [0.1, 0.15) is 18.1 Å². The van der Waals surface area contributed by atoms with Gasteiger partial charge in [-0.1, -0.05) is 23.2 Å². The summed E-state index contributed by atoms with van der Waals surface area (Å²) in [5.74, 6) is 0. The van der Waals surface area contributed by atoms with Gasteiger partial charge in [0.05, 0.1) is 11.1 Å². The van der Waals surface area contributed by atoms with E-state index < -0.39 is 12.2 Å². The van der Waals surface area contributed by atoms with E-state index >= 15 is 0 Å². The number of aromatic nitrogens is 1. The van der Waals surface area contributed by atoms with Gasteiger partial charge in [0.2, 0.25) is 0 Å². The Balaban J connectivity index is 2.90. The van der Waals surface area contributed by atoms with Gasteiger partial charge in [-0.2, -0.15) is 0 Å². The van der Waals surface area contributed by atoms with Gasteiger partial charge in [0, 0.05) is 11.8 Å². The molecule has 0 spiro atoms. The molecule has 4 N–H and O–H groups in total. The number of nitrogens with two attached hydrogens (primary N) is 1. The van der Waals surface area contributed by atoms with Gasteiger partial charge in [-0.05, 0) is 19.0 Å². The Morgan fingerprint density at radius 3 is 2.67 bits per heavy atom. The van der Waals surface area contributed by atoms with E-state index in [1.165, 1.54) is 12.3 Å². The van der Waals surface area contributed by atoms with Crippen molar-refractivity contribution in [3.8, 4) is 0 Å². The normalized spacial score (nSPS) is 15.0. The largest absolute Gasteiger partial charge is 0.390 e. The minimum absolute atomic E-state index is 0.105. The van der Waals surface area contributed by atoms with Gasteiger partial charge in [-0.3, -0.25) is 0 Å². The minimum atomic E-state index is -1.10. The highest BCUT2D eigenvalue weighted by atomic mass is 35.5. The van der Waals surface area contributed by atoms with Crippen molar-refractivity contribution < 1.29 is 10.2 Å². The molecule has 0 aliphatic carbocycles. The molecule has 1 aromatic rings. The SMILES string of the molecule is NCCC(O)C(O)c1ccnc(Cl)c1Cl. The summed E-state index contributed by atoms with van der Waals surface area (Å²) in [6, 6.07) is 1.51. The lowest BCUT2D eigenvalue weighted by molar-refractivity contribution is 0.0150.